The number of hydrogen-bond donors (Lipinski definition) is 2. The maximum Gasteiger partial charge on any atom is 0.322 e. The van der Waals surface area contributed by atoms with Crippen molar-refractivity contribution in [1.82, 2.24) is 5.32 Å². The summed E-state index contributed by atoms with van der Waals surface area (Å²) in [7, 11) is 1.34. The fourth-order valence-corrected chi connectivity index (χ4v) is 1.04. The number of hydrogen-bond acceptors (Lipinski definition) is 4. The van der Waals surface area contributed by atoms with Crippen LogP contribution in [0.15, 0.2) is 0 Å². The third kappa shape index (κ3) is 2.65. The lowest BCUT2D eigenvalue weighted by Gasteiger charge is -2.05. The van der Waals surface area contributed by atoms with Crippen LogP contribution in [0.4, 0.5) is 0 Å². The number of halogens is 1. The normalized spacial score (nSPS) is 29.3. The zero-order valence-electron chi connectivity index (χ0n) is 6.24. The van der Waals surface area contributed by atoms with Gasteiger partial charge in [0.1, 0.15) is 6.04 Å². The number of aliphatic hydroxyl groups is 1. The Hall–Kier alpha value is -0.320. The van der Waals surface area contributed by atoms with Crippen LogP contribution in [0.1, 0.15) is 6.42 Å². The van der Waals surface area contributed by atoms with E-state index in [0.717, 1.165) is 0 Å². The van der Waals surface area contributed by atoms with E-state index in [1.165, 1.54) is 7.11 Å². The van der Waals surface area contributed by atoms with Gasteiger partial charge in [-0.2, -0.15) is 0 Å². The molecule has 5 heteroatoms. The van der Waals surface area contributed by atoms with Gasteiger partial charge >= 0.3 is 5.97 Å². The molecule has 0 bridgehead atoms. The summed E-state index contributed by atoms with van der Waals surface area (Å²) >= 11 is 0. The zero-order chi connectivity index (χ0) is 7.56. The number of carbonyl (C=O) groups is 1. The van der Waals surface area contributed by atoms with Gasteiger partial charge < -0.3 is 15.2 Å². The summed E-state index contributed by atoms with van der Waals surface area (Å²) in [6.45, 7) is 0.486. The molecule has 1 aliphatic heterocycles. The molecule has 0 radical (unpaired) electrons. The Kier molecular flexibility index (Phi) is 4.40. The molecule has 1 rings (SSSR count). The van der Waals surface area contributed by atoms with Crippen LogP contribution in [0.5, 0.6) is 0 Å². The molecule has 0 spiro atoms. The number of carbonyl (C=O) groups excluding carboxylic acids is 1. The van der Waals surface area contributed by atoms with Gasteiger partial charge in [0.2, 0.25) is 0 Å². The molecule has 1 aliphatic rings. The lowest BCUT2D eigenvalue weighted by molar-refractivity contribution is -0.142. The predicted octanol–water partition coefficient (Wildman–Crippen LogP) is -0.696. The lowest BCUT2D eigenvalue weighted by atomic mass is 10.2. The maximum atomic E-state index is 10.8. The van der Waals surface area contributed by atoms with Gasteiger partial charge in [0.15, 0.2) is 0 Å². The van der Waals surface area contributed by atoms with Gasteiger partial charge in [0, 0.05) is 13.0 Å². The second-order valence-corrected chi connectivity index (χ2v) is 2.37. The Morgan fingerprint density at radius 1 is 1.73 bits per heavy atom. The quantitative estimate of drug-likeness (QED) is 0.526. The van der Waals surface area contributed by atoms with Crippen LogP contribution >= 0.6 is 12.4 Å². The van der Waals surface area contributed by atoms with E-state index in [0.29, 0.717) is 13.0 Å². The van der Waals surface area contributed by atoms with E-state index in [-0.39, 0.29) is 24.4 Å². The van der Waals surface area contributed by atoms with Crippen molar-refractivity contribution >= 4 is 18.4 Å². The highest BCUT2D eigenvalue weighted by Crippen LogP contribution is 2.06. The molecule has 0 amide bonds. The first kappa shape index (κ1) is 10.7. The van der Waals surface area contributed by atoms with Crippen molar-refractivity contribution in [2.24, 2.45) is 0 Å². The average molecular weight is 182 g/mol. The van der Waals surface area contributed by atoms with Gasteiger partial charge in [-0.15, -0.1) is 12.4 Å². The van der Waals surface area contributed by atoms with Crippen molar-refractivity contribution in [1.29, 1.82) is 0 Å². The molecule has 4 nitrogen and oxygen atoms in total. The second-order valence-electron chi connectivity index (χ2n) is 2.37. The van der Waals surface area contributed by atoms with E-state index in [9.17, 15) is 4.79 Å². The maximum absolute atomic E-state index is 10.8. The summed E-state index contributed by atoms with van der Waals surface area (Å²) in [5.74, 6) is -0.295. The average Bonchev–Trinajstić information content (AvgIpc) is 2.34. The van der Waals surface area contributed by atoms with E-state index in [1.54, 1.807) is 0 Å². The monoisotopic (exact) mass is 181 g/mol. The SMILES string of the molecule is COC(=O)[C@H]1C[C@H](O)CN1.Cl. The minimum atomic E-state index is -0.399. The smallest absolute Gasteiger partial charge is 0.322 e. The number of β-amino-alcohol motifs (C(OH)–C–C–N with tert-alkyl or cyclic N) is 1. The third-order valence-electron chi connectivity index (χ3n) is 1.59. The molecule has 0 aromatic carbocycles. The van der Waals surface area contributed by atoms with Gasteiger partial charge in [-0.3, -0.25) is 4.79 Å². The molecule has 1 fully saturated rings. The number of ether oxygens (including phenoxy) is 1. The minimum absolute atomic E-state index is 0. The van der Waals surface area contributed by atoms with E-state index >= 15 is 0 Å². The number of methoxy groups -OCH3 is 1. The molecule has 0 unspecified atom stereocenters. The van der Waals surface area contributed by atoms with Crippen LogP contribution < -0.4 is 5.32 Å². The molecule has 1 saturated heterocycles. The largest absolute Gasteiger partial charge is 0.468 e. The number of aliphatic hydroxyl groups excluding tert-OH is 1. The Balaban J connectivity index is 0.000001000. The van der Waals surface area contributed by atoms with E-state index in [4.69, 9.17) is 5.11 Å². The van der Waals surface area contributed by atoms with E-state index in [1.807, 2.05) is 0 Å². The molecule has 0 aromatic rings. The summed E-state index contributed by atoms with van der Waals surface area (Å²) in [5, 5.41) is 11.8. The first-order chi connectivity index (χ1) is 4.74. The molecule has 2 atom stereocenters. The number of rotatable bonds is 1. The number of esters is 1. The Morgan fingerprint density at radius 3 is 2.73 bits per heavy atom. The molecule has 2 N–H and O–H groups in total. The molecule has 0 aromatic heterocycles. The minimum Gasteiger partial charge on any atom is -0.468 e. The second kappa shape index (κ2) is 4.54. The molecule has 0 aliphatic carbocycles. The van der Waals surface area contributed by atoms with Gasteiger partial charge in [0.05, 0.1) is 13.2 Å². The van der Waals surface area contributed by atoms with Crippen LogP contribution in [0, 0.1) is 0 Å². The molecule has 1 heterocycles. The Labute approximate surface area is 71.3 Å². The summed E-state index contributed by atoms with van der Waals surface area (Å²) in [5.41, 5.74) is 0. The molecular weight excluding hydrogens is 170 g/mol. The highest BCUT2D eigenvalue weighted by atomic mass is 35.5. The van der Waals surface area contributed by atoms with Crippen LogP contribution in [-0.2, 0) is 9.53 Å². The van der Waals surface area contributed by atoms with Crippen LogP contribution in [0.3, 0.4) is 0 Å². The van der Waals surface area contributed by atoms with E-state index in [2.05, 4.69) is 10.1 Å². The van der Waals surface area contributed by atoms with Gasteiger partial charge in [-0.25, -0.2) is 0 Å². The lowest BCUT2D eigenvalue weighted by Crippen LogP contribution is -2.31. The van der Waals surface area contributed by atoms with Crippen molar-refractivity contribution in [2.75, 3.05) is 13.7 Å². The number of nitrogens with one attached hydrogen (secondary N) is 1. The zero-order valence-corrected chi connectivity index (χ0v) is 7.06. The standard InChI is InChI=1S/C6H11NO3.ClH/c1-10-6(9)5-2-4(8)3-7-5;/h4-5,7-8H,2-3H2,1H3;1H/t4-,5+;/m0./s1. The van der Waals surface area contributed by atoms with Crippen LogP contribution in [-0.4, -0.2) is 36.9 Å². The first-order valence-electron chi connectivity index (χ1n) is 3.23. The summed E-state index contributed by atoms with van der Waals surface area (Å²) < 4.78 is 4.47. The Bertz CT molecular complexity index is 142. The van der Waals surface area contributed by atoms with Crippen LogP contribution in [0.25, 0.3) is 0 Å². The first-order valence-corrected chi connectivity index (χ1v) is 3.23. The van der Waals surface area contributed by atoms with Crippen molar-refractivity contribution < 1.29 is 14.6 Å². The van der Waals surface area contributed by atoms with Crippen molar-refractivity contribution in [2.45, 2.75) is 18.6 Å². The predicted molar refractivity (Wildman–Crippen MR) is 41.7 cm³/mol. The molecule has 0 saturated carbocycles. The summed E-state index contributed by atoms with van der Waals surface area (Å²) in [6.07, 6.45) is 0.0660. The summed E-state index contributed by atoms with van der Waals surface area (Å²) in [4.78, 5) is 10.8. The summed E-state index contributed by atoms with van der Waals surface area (Å²) in [6, 6.07) is -0.306. The highest BCUT2D eigenvalue weighted by Gasteiger charge is 2.28. The van der Waals surface area contributed by atoms with Crippen molar-refractivity contribution in [3.63, 3.8) is 0 Å². The van der Waals surface area contributed by atoms with Gasteiger partial charge in [0.25, 0.3) is 0 Å². The fourth-order valence-electron chi connectivity index (χ4n) is 1.04. The molecule has 66 valence electrons. The topological polar surface area (TPSA) is 58.6 Å². The third-order valence-corrected chi connectivity index (χ3v) is 1.59. The van der Waals surface area contributed by atoms with Gasteiger partial charge in [-0.1, -0.05) is 0 Å². The van der Waals surface area contributed by atoms with Crippen LogP contribution in [0.2, 0.25) is 0 Å². The molecular formula is C6H12ClNO3. The Morgan fingerprint density at radius 2 is 2.36 bits per heavy atom. The molecule has 11 heavy (non-hydrogen) atoms. The van der Waals surface area contributed by atoms with E-state index < -0.39 is 6.10 Å². The van der Waals surface area contributed by atoms with Crippen molar-refractivity contribution in [3.8, 4) is 0 Å². The van der Waals surface area contributed by atoms with Crippen molar-refractivity contribution in [3.05, 3.63) is 0 Å². The van der Waals surface area contributed by atoms with Gasteiger partial charge in [-0.05, 0) is 0 Å². The fraction of sp³-hybridized carbons (Fsp3) is 0.833. The highest BCUT2D eigenvalue weighted by molar-refractivity contribution is 5.85.